The van der Waals surface area contributed by atoms with Gasteiger partial charge in [-0.15, -0.1) is 11.3 Å². The first-order valence-electron chi connectivity index (χ1n) is 4.02. The van der Waals surface area contributed by atoms with Gasteiger partial charge in [0.2, 0.25) is 0 Å². The van der Waals surface area contributed by atoms with Gasteiger partial charge in [0.25, 0.3) is 0 Å². The Kier molecular flexibility index (Phi) is 1.85. The zero-order valence-corrected chi connectivity index (χ0v) is 7.56. The minimum absolute atomic E-state index is 0.244. The summed E-state index contributed by atoms with van der Waals surface area (Å²) in [6.45, 7) is 3.75. The lowest BCUT2D eigenvalue weighted by molar-refractivity contribution is -0.114. The molecule has 0 aliphatic heterocycles. The standard InChI is InChI=1S/C10H10OS/c1-7-5-8(6-9(7)11)10-3-2-4-12-10/h2-4,8H,1,5-6H2. The molecule has 0 bridgehead atoms. The number of carbonyl (C=O) groups is 1. The minimum atomic E-state index is 0.244. The minimum Gasteiger partial charge on any atom is -0.295 e. The maximum Gasteiger partial charge on any atom is 0.158 e. The molecule has 1 saturated carbocycles. The molecule has 1 atom stereocenters. The first-order valence-corrected chi connectivity index (χ1v) is 4.89. The summed E-state index contributed by atoms with van der Waals surface area (Å²) < 4.78 is 0. The van der Waals surface area contributed by atoms with E-state index >= 15 is 0 Å². The van der Waals surface area contributed by atoms with E-state index in [1.807, 2.05) is 6.07 Å². The fourth-order valence-electron chi connectivity index (χ4n) is 1.58. The highest BCUT2D eigenvalue weighted by Gasteiger charge is 2.27. The van der Waals surface area contributed by atoms with Gasteiger partial charge in [0, 0.05) is 17.2 Å². The van der Waals surface area contributed by atoms with Crippen LogP contribution in [0.25, 0.3) is 0 Å². The van der Waals surface area contributed by atoms with Gasteiger partial charge in [-0.1, -0.05) is 12.6 Å². The van der Waals surface area contributed by atoms with E-state index in [4.69, 9.17) is 0 Å². The third-order valence-corrected chi connectivity index (χ3v) is 3.30. The number of Topliss-reactive ketones (excluding diaryl/α,β-unsaturated/α-hetero) is 1. The molecule has 1 heterocycles. The van der Waals surface area contributed by atoms with Gasteiger partial charge in [0.05, 0.1) is 0 Å². The highest BCUT2D eigenvalue weighted by Crippen LogP contribution is 2.36. The topological polar surface area (TPSA) is 17.1 Å². The lowest BCUT2D eigenvalue weighted by Gasteiger charge is -2.01. The van der Waals surface area contributed by atoms with Crippen molar-refractivity contribution in [2.75, 3.05) is 0 Å². The molecule has 1 aromatic rings. The van der Waals surface area contributed by atoms with Crippen molar-refractivity contribution >= 4 is 17.1 Å². The van der Waals surface area contributed by atoms with Crippen molar-refractivity contribution in [3.05, 3.63) is 34.5 Å². The molecule has 1 fully saturated rings. The Morgan fingerprint density at radius 1 is 1.50 bits per heavy atom. The fourth-order valence-corrected chi connectivity index (χ4v) is 2.41. The van der Waals surface area contributed by atoms with E-state index in [-0.39, 0.29) is 5.78 Å². The van der Waals surface area contributed by atoms with Crippen molar-refractivity contribution in [2.24, 2.45) is 0 Å². The first-order chi connectivity index (χ1) is 5.77. The zero-order valence-electron chi connectivity index (χ0n) is 6.75. The molecule has 12 heavy (non-hydrogen) atoms. The number of hydrogen-bond donors (Lipinski definition) is 0. The third kappa shape index (κ3) is 1.23. The molecule has 2 heteroatoms. The Morgan fingerprint density at radius 2 is 2.33 bits per heavy atom. The molecule has 0 amide bonds. The monoisotopic (exact) mass is 178 g/mol. The number of thiophene rings is 1. The molecule has 0 aromatic carbocycles. The Morgan fingerprint density at radius 3 is 2.83 bits per heavy atom. The molecule has 2 rings (SSSR count). The first kappa shape index (κ1) is 7.74. The number of rotatable bonds is 1. The number of ketones is 1. The molecule has 0 radical (unpaired) electrons. The summed E-state index contributed by atoms with van der Waals surface area (Å²) in [4.78, 5) is 12.5. The summed E-state index contributed by atoms with van der Waals surface area (Å²) >= 11 is 1.73. The van der Waals surface area contributed by atoms with Crippen LogP contribution in [0.4, 0.5) is 0 Å². The van der Waals surface area contributed by atoms with Gasteiger partial charge in [-0.3, -0.25) is 4.79 Å². The van der Waals surface area contributed by atoms with E-state index in [1.54, 1.807) is 11.3 Å². The average Bonchev–Trinajstić information content (AvgIpc) is 2.61. The van der Waals surface area contributed by atoms with Crippen LogP contribution in [0, 0.1) is 0 Å². The molecule has 62 valence electrons. The Balaban J connectivity index is 2.19. The van der Waals surface area contributed by atoms with Gasteiger partial charge in [-0.25, -0.2) is 0 Å². The van der Waals surface area contributed by atoms with Crippen LogP contribution >= 0.6 is 11.3 Å². The van der Waals surface area contributed by atoms with Crippen LogP contribution in [-0.2, 0) is 4.79 Å². The molecule has 1 unspecified atom stereocenters. The summed E-state index contributed by atoms with van der Waals surface area (Å²) in [6, 6.07) is 4.13. The summed E-state index contributed by atoms with van der Waals surface area (Å²) in [7, 11) is 0. The van der Waals surface area contributed by atoms with E-state index in [0.29, 0.717) is 12.3 Å². The van der Waals surface area contributed by atoms with Crippen molar-refractivity contribution in [1.82, 2.24) is 0 Å². The SMILES string of the molecule is C=C1CC(c2cccs2)CC1=O. The Labute approximate surface area is 75.7 Å². The predicted molar refractivity (Wildman–Crippen MR) is 50.4 cm³/mol. The predicted octanol–water partition coefficient (Wildman–Crippen LogP) is 2.75. The summed E-state index contributed by atoms with van der Waals surface area (Å²) in [5, 5.41) is 2.06. The highest BCUT2D eigenvalue weighted by molar-refractivity contribution is 7.10. The van der Waals surface area contributed by atoms with E-state index < -0.39 is 0 Å². The van der Waals surface area contributed by atoms with Crippen molar-refractivity contribution in [2.45, 2.75) is 18.8 Å². The number of allylic oxidation sites excluding steroid dienone is 1. The van der Waals surface area contributed by atoms with E-state index in [1.165, 1.54) is 4.88 Å². The van der Waals surface area contributed by atoms with Crippen LogP contribution in [0.5, 0.6) is 0 Å². The second-order valence-electron chi connectivity index (χ2n) is 3.15. The smallest absolute Gasteiger partial charge is 0.158 e. The second-order valence-corrected chi connectivity index (χ2v) is 4.13. The van der Waals surface area contributed by atoms with Crippen LogP contribution in [0.15, 0.2) is 29.7 Å². The lowest BCUT2D eigenvalue weighted by atomic mass is 10.1. The van der Waals surface area contributed by atoms with Crippen LogP contribution in [0.3, 0.4) is 0 Å². The molecule has 0 spiro atoms. The summed E-state index contributed by atoms with van der Waals surface area (Å²) in [5.41, 5.74) is 0.799. The van der Waals surface area contributed by atoms with Crippen LogP contribution in [-0.4, -0.2) is 5.78 Å². The average molecular weight is 178 g/mol. The second kappa shape index (κ2) is 2.87. The number of carbonyl (C=O) groups excluding carboxylic acids is 1. The van der Waals surface area contributed by atoms with Crippen molar-refractivity contribution in [1.29, 1.82) is 0 Å². The zero-order chi connectivity index (χ0) is 8.55. The molecular weight excluding hydrogens is 168 g/mol. The molecule has 0 saturated heterocycles. The van der Waals surface area contributed by atoms with E-state index in [2.05, 4.69) is 18.0 Å². The quantitative estimate of drug-likeness (QED) is 0.604. The Bertz CT molecular complexity index is 295. The van der Waals surface area contributed by atoms with Gasteiger partial charge < -0.3 is 0 Å². The van der Waals surface area contributed by atoms with Crippen molar-refractivity contribution < 1.29 is 4.79 Å². The van der Waals surface area contributed by atoms with Crippen molar-refractivity contribution in [3.63, 3.8) is 0 Å². The van der Waals surface area contributed by atoms with Crippen LogP contribution < -0.4 is 0 Å². The van der Waals surface area contributed by atoms with Crippen LogP contribution in [0.2, 0.25) is 0 Å². The largest absolute Gasteiger partial charge is 0.295 e. The maximum atomic E-state index is 11.2. The van der Waals surface area contributed by atoms with Crippen molar-refractivity contribution in [3.8, 4) is 0 Å². The summed E-state index contributed by atoms with van der Waals surface area (Å²) in [6.07, 6.45) is 1.53. The normalized spacial score (nSPS) is 23.5. The molecule has 0 N–H and O–H groups in total. The lowest BCUT2D eigenvalue weighted by Crippen LogP contribution is -1.90. The van der Waals surface area contributed by atoms with E-state index in [9.17, 15) is 4.79 Å². The van der Waals surface area contributed by atoms with Gasteiger partial charge >= 0.3 is 0 Å². The van der Waals surface area contributed by atoms with E-state index in [0.717, 1.165) is 12.0 Å². The summed E-state index contributed by atoms with van der Waals surface area (Å²) in [5.74, 6) is 0.665. The highest BCUT2D eigenvalue weighted by atomic mass is 32.1. The maximum absolute atomic E-state index is 11.2. The fraction of sp³-hybridized carbons (Fsp3) is 0.300. The molecule has 1 aliphatic carbocycles. The van der Waals surface area contributed by atoms with Crippen LogP contribution in [0.1, 0.15) is 23.6 Å². The molecular formula is C10H10OS. The van der Waals surface area contributed by atoms with Gasteiger partial charge in [-0.05, 0) is 23.4 Å². The van der Waals surface area contributed by atoms with Gasteiger partial charge in [-0.2, -0.15) is 0 Å². The molecule has 1 aromatic heterocycles. The third-order valence-electron chi connectivity index (χ3n) is 2.26. The molecule has 1 aliphatic rings. The van der Waals surface area contributed by atoms with Gasteiger partial charge in [0.15, 0.2) is 5.78 Å². The molecule has 1 nitrogen and oxygen atoms in total. The number of hydrogen-bond acceptors (Lipinski definition) is 2. The van der Waals surface area contributed by atoms with Gasteiger partial charge in [0.1, 0.15) is 0 Å². The Hall–Kier alpha value is -0.890.